The van der Waals surface area contributed by atoms with Crippen LogP contribution in [-0.4, -0.2) is 76.9 Å². The zero-order chi connectivity index (χ0) is 22.2. The second kappa shape index (κ2) is 10.9. The molecule has 0 atom stereocenters. The predicted octanol–water partition coefficient (Wildman–Crippen LogP) is 2.48. The minimum absolute atomic E-state index is 0.0585. The Bertz CT molecular complexity index is 882. The van der Waals surface area contributed by atoms with E-state index in [4.69, 9.17) is 18.9 Å². The summed E-state index contributed by atoms with van der Waals surface area (Å²) in [4.78, 5) is 17.1. The maximum atomic E-state index is 12.5. The average Bonchev–Trinajstić information content (AvgIpc) is 2.80. The van der Waals surface area contributed by atoms with E-state index in [0.717, 1.165) is 44.2 Å². The molecule has 1 saturated heterocycles. The van der Waals surface area contributed by atoms with Gasteiger partial charge in [0.05, 0.1) is 40.7 Å². The van der Waals surface area contributed by atoms with Crippen molar-refractivity contribution >= 4 is 11.6 Å². The molecule has 3 rings (SSSR count). The fourth-order valence-electron chi connectivity index (χ4n) is 3.64. The molecule has 0 radical (unpaired) electrons. The van der Waals surface area contributed by atoms with E-state index in [-0.39, 0.29) is 5.91 Å². The molecule has 1 fully saturated rings. The lowest BCUT2D eigenvalue weighted by Gasteiger charge is -2.34. The molecular formula is C23H31N3O5. The van der Waals surface area contributed by atoms with Crippen molar-refractivity contribution in [3.05, 3.63) is 42.0 Å². The van der Waals surface area contributed by atoms with Crippen molar-refractivity contribution in [2.24, 2.45) is 0 Å². The second-order valence-corrected chi connectivity index (χ2v) is 7.36. The van der Waals surface area contributed by atoms with E-state index in [1.165, 1.54) is 5.56 Å². The van der Waals surface area contributed by atoms with Gasteiger partial charge >= 0.3 is 0 Å². The average molecular weight is 430 g/mol. The van der Waals surface area contributed by atoms with Crippen LogP contribution in [0.25, 0.3) is 0 Å². The zero-order valence-corrected chi connectivity index (χ0v) is 18.6. The molecule has 2 aromatic rings. The van der Waals surface area contributed by atoms with Gasteiger partial charge in [0, 0.05) is 38.8 Å². The summed E-state index contributed by atoms with van der Waals surface area (Å²) in [6.45, 7) is 4.64. The van der Waals surface area contributed by atoms with Crippen LogP contribution >= 0.6 is 0 Å². The number of hydrogen-bond donors (Lipinski definition) is 1. The fraction of sp³-hybridized carbons (Fsp3) is 0.435. The number of rotatable bonds is 9. The number of ether oxygens (including phenoxy) is 4. The van der Waals surface area contributed by atoms with Gasteiger partial charge in [0.2, 0.25) is 5.91 Å². The van der Waals surface area contributed by atoms with E-state index < -0.39 is 0 Å². The number of anilines is 1. The van der Waals surface area contributed by atoms with Crippen molar-refractivity contribution in [1.82, 2.24) is 9.80 Å². The van der Waals surface area contributed by atoms with Gasteiger partial charge in [-0.25, -0.2) is 0 Å². The maximum Gasteiger partial charge on any atom is 0.238 e. The first kappa shape index (κ1) is 22.7. The first-order chi connectivity index (χ1) is 15.1. The molecule has 0 aromatic heterocycles. The number of nitrogens with zero attached hydrogens (tertiary/aromatic N) is 2. The Morgan fingerprint density at radius 2 is 1.48 bits per heavy atom. The SMILES string of the molecule is COc1ccc(NC(=O)CN2CCN(Cc3ccc(OC)c(OC)c3)CC2)c(OC)c1. The molecule has 0 spiro atoms. The second-order valence-electron chi connectivity index (χ2n) is 7.36. The molecule has 168 valence electrons. The van der Waals surface area contributed by atoms with Crippen molar-refractivity contribution in [2.75, 3.05) is 66.5 Å². The van der Waals surface area contributed by atoms with Crippen molar-refractivity contribution < 1.29 is 23.7 Å². The monoisotopic (exact) mass is 429 g/mol. The van der Waals surface area contributed by atoms with E-state index in [9.17, 15) is 4.79 Å². The molecule has 0 unspecified atom stereocenters. The van der Waals surface area contributed by atoms with Crippen molar-refractivity contribution in [3.63, 3.8) is 0 Å². The van der Waals surface area contributed by atoms with Gasteiger partial charge < -0.3 is 24.3 Å². The van der Waals surface area contributed by atoms with E-state index in [0.29, 0.717) is 23.7 Å². The lowest BCUT2D eigenvalue weighted by atomic mass is 10.1. The summed E-state index contributed by atoms with van der Waals surface area (Å²) in [6.07, 6.45) is 0. The Kier molecular flexibility index (Phi) is 7.97. The van der Waals surface area contributed by atoms with Gasteiger partial charge in [0.1, 0.15) is 11.5 Å². The van der Waals surface area contributed by atoms with Crippen LogP contribution < -0.4 is 24.3 Å². The van der Waals surface area contributed by atoms with Crippen LogP contribution in [0.15, 0.2) is 36.4 Å². The third kappa shape index (κ3) is 6.02. The van der Waals surface area contributed by atoms with Gasteiger partial charge in [-0.05, 0) is 29.8 Å². The maximum absolute atomic E-state index is 12.5. The van der Waals surface area contributed by atoms with Crippen molar-refractivity contribution in [3.8, 4) is 23.0 Å². The largest absolute Gasteiger partial charge is 0.497 e. The van der Waals surface area contributed by atoms with E-state index in [1.807, 2.05) is 12.1 Å². The minimum atomic E-state index is -0.0585. The molecule has 1 heterocycles. The standard InChI is InChI=1S/C23H31N3O5/c1-28-18-6-7-19(21(14-18)30-3)24-23(27)16-26-11-9-25(10-12-26)15-17-5-8-20(29-2)22(13-17)31-4/h5-8,13-14H,9-12,15-16H2,1-4H3,(H,24,27). The first-order valence-electron chi connectivity index (χ1n) is 10.2. The summed E-state index contributed by atoms with van der Waals surface area (Å²) in [5.74, 6) is 2.67. The number of hydrogen-bond acceptors (Lipinski definition) is 7. The topological polar surface area (TPSA) is 72.5 Å². The molecule has 8 heteroatoms. The number of carbonyl (C=O) groups is 1. The highest BCUT2D eigenvalue weighted by molar-refractivity contribution is 5.93. The van der Waals surface area contributed by atoms with Crippen molar-refractivity contribution in [1.29, 1.82) is 0 Å². The number of amides is 1. The quantitative estimate of drug-likeness (QED) is 0.657. The lowest BCUT2D eigenvalue weighted by Crippen LogP contribution is -2.48. The van der Waals surface area contributed by atoms with Gasteiger partial charge in [0.15, 0.2) is 11.5 Å². The summed E-state index contributed by atoms with van der Waals surface area (Å²) >= 11 is 0. The van der Waals surface area contributed by atoms with Crippen LogP contribution in [0.4, 0.5) is 5.69 Å². The summed E-state index contributed by atoms with van der Waals surface area (Å²) in [5.41, 5.74) is 1.82. The Morgan fingerprint density at radius 3 is 2.13 bits per heavy atom. The number of nitrogens with one attached hydrogen (secondary N) is 1. The number of benzene rings is 2. The number of piperazine rings is 1. The van der Waals surface area contributed by atoms with E-state index >= 15 is 0 Å². The van der Waals surface area contributed by atoms with E-state index in [2.05, 4.69) is 21.2 Å². The van der Waals surface area contributed by atoms with Crippen LogP contribution in [0.1, 0.15) is 5.56 Å². The van der Waals surface area contributed by atoms with Crippen molar-refractivity contribution in [2.45, 2.75) is 6.54 Å². The van der Waals surface area contributed by atoms with Gasteiger partial charge in [-0.2, -0.15) is 0 Å². The summed E-state index contributed by atoms with van der Waals surface area (Å²) in [7, 11) is 6.45. The highest BCUT2D eigenvalue weighted by atomic mass is 16.5. The highest BCUT2D eigenvalue weighted by Crippen LogP contribution is 2.29. The van der Waals surface area contributed by atoms with Gasteiger partial charge in [-0.1, -0.05) is 6.07 Å². The molecule has 31 heavy (non-hydrogen) atoms. The van der Waals surface area contributed by atoms with Crippen LogP contribution in [0.5, 0.6) is 23.0 Å². The molecule has 0 bridgehead atoms. The lowest BCUT2D eigenvalue weighted by molar-refractivity contribution is -0.117. The number of carbonyl (C=O) groups excluding carboxylic acids is 1. The van der Waals surface area contributed by atoms with Crippen LogP contribution in [0.3, 0.4) is 0 Å². The van der Waals surface area contributed by atoms with Gasteiger partial charge in [-0.3, -0.25) is 14.6 Å². The van der Waals surface area contributed by atoms with E-state index in [1.54, 1.807) is 46.6 Å². The molecule has 1 N–H and O–H groups in total. The molecule has 8 nitrogen and oxygen atoms in total. The molecule has 2 aromatic carbocycles. The molecule has 0 saturated carbocycles. The minimum Gasteiger partial charge on any atom is -0.497 e. The molecule has 1 amide bonds. The predicted molar refractivity (Wildman–Crippen MR) is 119 cm³/mol. The van der Waals surface area contributed by atoms with Crippen LogP contribution in [0, 0.1) is 0 Å². The smallest absolute Gasteiger partial charge is 0.238 e. The third-order valence-electron chi connectivity index (χ3n) is 5.37. The first-order valence-corrected chi connectivity index (χ1v) is 10.2. The Balaban J connectivity index is 1.48. The van der Waals surface area contributed by atoms with Gasteiger partial charge in [-0.15, -0.1) is 0 Å². The Morgan fingerprint density at radius 1 is 0.806 bits per heavy atom. The molecule has 1 aliphatic rings. The fourth-order valence-corrected chi connectivity index (χ4v) is 3.64. The summed E-state index contributed by atoms with van der Waals surface area (Å²) in [6, 6.07) is 11.3. The van der Waals surface area contributed by atoms with Gasteiger partial charge in [0.25, 0.3) is 0 Å². The Hall–Kier alpha value is -2.97. The van der Waals surface area contributed by atoms with Crippen LogP contribution in [-0.2, 0) is 11.3 Å². The third-order valence-corrected chi connectivity index (χ3v) is 5.37. The molecule has 0 aliphatic carbocycles. The van der Waals surface area contributed by atoms with Crippen LogP contribution in [0.2, 0.25) is 0 Å². The normalized spacial score (nSPS) is 14.7. The highest BCUT2D eigenvalue weighted by Gasteiger charge is 2.20. The summed E-state index contributed by atoms with van der Waals surface area (Å²) in [5, 5.41) is 2.93. The molecule has 1 aliphatic heterocycles. The Labute approximate surface area is 183 Å². The number of methoxy groups -OCH3 is 4. The molecular weight excluding hydrogens is 398 g/mol. The zero-order valence-electron chi connectivity index (χ0n) is 18.6. The summed E-state index contributed by atoms with van der Waals surface area (Å²) < 4.78 is 21.2.